The lowest BCUT2D eigenvalue weighted by molar-refractivity contribution is 0.112. The molecule has 0 spiro atoms. The van der Waals surface area contributed by atoms with E-state index >= 15 is 0 Å². The van der Waals surface area contributed by atoms with Crippen molar-refractivity contribution in [2.45, 2.75) is 19.4 Å². The second kappa shape index (κ2) is 5.22. The molecule has 1 aliphatic heterocycles. The van der Waals surface area contributed by atoms with E-state index in [0.717, 1.165) is 48.5 Å². The van der Waals surface area contributed by atoms with E-state index in [1.54, 1.807) is 0 Å². The van der Waals surface area contributed by atoms with Crippen LogP contribution in [-0.4, -0.2) is 41.9 Å². The fourth-order valence-corrected chi connectivity index (χ4v) is 3.22. The third-order valence-corrected chi connectivity index (χ3v) is 4.25. The van der Waals surface area contributed by atoms with Gasteiger partial charge in [0.15, 0.2) is 11.3 Å². The van der Waals surface area contributed by atoms with Crippen molar-refractivity contribution in [2.75, 3.05) is 24.5 Å². The Hall–Kier alpha value is -1.53. The lowest BCUT2D eigenvalue weighted by Gasteiger charge is -2.17. The number of aldehydes is 1. The number of aromatic nitrogens is 2. The van der Waals surface area contributed by atoms with E-state index in [4.69, 9.17) is 0 Å². The first kappa shape index (κ1) is 12.5. The summed E-state index contributed by atoms with van der Waals surface area (Å²) in [4.78, 5) is 22.7. The molecule has 1 unspecified atom stereocenters. The van der Waals surface area contributed by atoms with Gasteiger partial charge in [0.05, 0.1) is 0 Å². The standard InChI is InChI=1S/C13H16N4OS/c1-2-14-9-5-6-17(7-9)11-4-3-10-13(16-11)19-12(8-18)15-10/h3-4,8-9,14H,2,5-7H2,1H3. The Balaban J connectivity index is 1.83. The predicted octanol–water partition coefficient (Wildman–Crippen LogP) is 1.69. The molecule has 100 valence electrons. The molecular formula is C13H16N4OS. The highest BCUT2D eigenvalue weighted by Crippen LogP contribution is 2.24. The van der Waals surface area contributed by atoms with E-state index in [9.17, 15) is 4.79 Å². The molecule has 19 heavy (non-hydrogen) atoms. The number of fused-ring (bicyclic) bond motifs is 1. The molecule has 3 rings (SSSR count). The topological polar surface area (TPSA) is 58.1 Å². The highest BCUT2D eigenvalue weighted by molar-refractivity contribution is 7.19. The summed E-state index contributed by atoms with van der Waals surface area (Å²) >= 11 is 1.35. The van der Waals surface area contributed by atoms with Crippen LogP contribution in [0.25, 0.3) is 10.3 Å². The Labute approximate surface area is 115 Å². The zero-order chi connectivity index (χ0) is 13.2. The molecule has 0 radical (unpaired) electrons. The monoisotopic (exact) mass is 276 g/mol. The Kier molecular flexibility index (Phi) is 3.44. The number of rotatable bonds is 4. The average molecular weight is 276 g/mol. The third-order valence-electron chi connectivity index (χ3n) is 3.36. The zero-order valence-electron chi connectivity index (χ0n) is 10.8. The molecular weight excluding hydrogens is 260 g/mol. The summed E-state index contributed by atoms with van der Waals surface area (Å²) in [6, 6.07) is 4.49. The first-order valence-electron chi connectivity index (χ1n) is 6.51. The minimum absolute atomic E-state index is 0.492. The zero-order valence-corrected chi connectivity index (χ0v) is 11.6. The summed E-state index contributed by atoms with van der Waals surface area (Å²) in [5.74, 6) is 0.981. The van der Waals surface area contributed by atoms with Crippen LogP contribution in [0.5, 0.6) is 0 Å². The van der Waals surface area contributed by atoms with Crippen LogP contribution in [0.1, 0.15) is 23.1 Å². The van der Waals surface area contributed by atoms with E-state index < -0.39 is 0 Å². The van der Waals surface area contributed by atoms with Crippen LogP contribution in [0.3, 0.4) is 0 Å². The molecule has 1 atom stereocenters. The van der Waals surface area contributed by atoms with E-state index in [-0.39, 0.29) is 0 Å². The number of hydrogen-bond acceptors (Lipinski definition) is 6. The fraction of sp³-hybridized carbons (Fsp3) is 0.462. The molecule has 1 N–H and O–H groups in total. The van der Waals surface area contributed by atoms with Crippen molar-refractivity contribution in [2.24, 2.45) is 0 Å². The molecule has 0 aliphatic carbocycles. The minimum atomic E-state index is 0.492. The molecule has 6 heteroatoms. The SMILES string of the molecule is CCNC1CCN(c2ccc3nc(C=O)sc3n2)C1. The Morgan fingerprint density at radius 1 is 1.53 bits per heavy atom. The average Bonchev–Trinajstić information content (AvgIpc) is 3.03. The molecule has 0 amide bonds. The Morgan fingerprint density at radius 2 is 2.42 bits per heavy atom. The maximum absolute atomic E-state index is 10.7. The number of carbonyl (C=O) groups is 1. The van der Waals surface area contributed by atoms with Gasteiger partial charge >= 0.3 is 0 Å². The summed E-state index contributed by atoms with van der Waals surface area (Å²) in [5, 5.41) is 3.96. The highest BCUT2D eigenvalue weighted by atomic mass is 32.1. The van der Waals surface area contributed by atoms with Gasteiger partial charge in [-0.3, -0.25) is 4.79 Å². The van der Waals surface area contributed by atoms with Crippen LogP contribution in [0, 0.1) is 0 Å². The second-order valence-electron chi connectivity index (χ2n) is 4.65. The Bertz CT molecular complexity index is 597. The largest absolute Gasteiger partial charge is 0.355 e. The van der Waals surface area contributed by atoms with Gasteiger partial charge in [-0.05, 0) is 25.1 Å². The maximum atomic E-state index is 10.7. The van der Waals surface area contributed by atoms with Crippen molar-refractivity contribution < 1.29 is 4.79 Å². The van der Waals surface area contributed by atoms with Crippen molar-refractivity contribution in [1.29, 1.82) is 0 Å². The van der Waals surface area contributed by atoms with Gasteiger partial charge in [-0.1, -0.05) is 18.3 Å². The molecule has 0 bridgehead atoms. The number of pyridine rings is 1. The number of thiazole rings is 1. The van der Waals surface area contributed by atoms with Gasteiger partial charge in [-0.25, -0.2) is 9.97 Å². The normalized spacial score (nSPS) is 19.2. The van der Waals surface area contributed by atoms with Crippen LogP contribution >= 0.6 is 11.3 Å². The van der Waals surface area contributed by atoms with Crippen LogP contribution in [-0.2, 0) is 0 Å². The van der Waals surface area contributed by atoms with Crippen LogP contribution in [0.15, 0.2) is 12.1 Å². The van der Waals surface area contributed by atoms with E-state index in [1.165, 1.54) is 11.3 Å². The van der Waals surface area contributed by atoms with Gasteiger partial charge in [0.1, 0.15) is 16.2 Å². The molecule has 3 heterocycles. The number of carbonyl (C=O) groups excluding carboxylic acids is 1. The molecule has 1 aliphatic rings. The van der Waals surface area contributed by atoms with E-state index in [2.05, 4.69) is 27.1 Å². The molecule has 1 fully saturated rings. The molecule has 2 aromatic heterocycles. The summed E-state index contributed by atoms with van der Waals surface area (Å²) in [6.45, 7) is 5.15. The van der Waals surface area contributed by atoms with Gasteiger partial charge in [-0.15, -0.1) is 0 Å². The number of nitrogens with zero attached hydrogens (tertiary/aromatic N) is 3. The summed E-state index contributed by atoms with van der Waals surface area (Å²) < 4.78 is 0. The van der Waals surface area contributed by atoms with Crippen LogP contribution < -0.4 is 10.2 Å². The van der Waals surface area contributed by atoms with E-state index in [1.807, 2.05) is 12.1 Å². The lowest BCUT2D eigenvalue weighted by atomic mass is 10.3. The van der Waals surface area contributed by atoms with Crippen LogP contribution in [0.4, 0.5) is 5.82 Å². The molecule has 5 nitrogen and oxygen atoms in total. The van der Waals surface area contributed by atoms with Crippen molar-refractivity contribution in [1.82, 2.24) is 15.3 Å². The first-order chi connectivity index (χ1) is 9.30. The fourth-order valence-electron chi connectivity index (χ4n) is 2.47. The molecule has 0 aromatic carbocycles. The molecule has 2 aromatic rings. The maximum Gasteiger partial charge on any atom is 0.178 e. The van der Waals surface area contributed by atoms with Gasteiger partial charge < -0.3 is 10.2 Å². The quantitative estimate of drug-likeness (QED) is 0.861. The van der Waals surface area contributed by atoms with Gasteiger partial charge in [0.25, 0.3) is 0 Å². The number of nitrogens with one attached hydrogen (secondary N) is 1. The lowest BCUT2D eigenvalue weighted by Crippen LogP contribution is -2.32. The van der Waals surface area contributed by atoms with Crippen molar-refractivity contribution in [3.8, 4) is 0 Å². The van der Waals surface area contributed by atoms with Crippen molar-refractivity contribution >= 4 is 33.8 Å². The summed E-state index contributed by atoms with van der Waals surface area (Å²) in [6.07, 6.45) is 1.93. The minimum Gasteiger partial charge on any atom is -0.355 e. The van der Waals surface area contributed by atoms with Gasteiger partial charge in [-0.2, -0.15) is 0 Å². The first-order valence-corrected chi connectivity index (χ1v) is 7.33. The third kappa shape index (κ3) is 2.46. The van der Waals surface area contributed by atoms with Crippen LogP contribution in [0.2, 0.25) is 0 Å². The smallest absolute Gasteiger partial charge is 0.178 e. The van der Waals surface area contributed by atoms with Gasteiger partial charge in [0, 0.05) is 19.1 Å². The predicted molar refractivity (Wildman–Crippen MR) is 77.1 cm³/mol. The number of anilines is 1. The molecule has 1 saturated heterocycles. The summed E-state index contributed by atoms with van der Waals surface area (Å²) in [5.41, 5.74) is 0.804. The summed E-state index contributed by atoms with van der Waals surface area (Å²) in [7, 11) is 0. The van der Waals surface area contributed by atoms with Gasteiger partial charge in [0.2, 0.25) is 0 Å². The highest BCUT2D eigenvalue weighted by Gasteiger charge is 2.22. The van der Waals surface area contributed by atoms with Crippen molar-refractivity contribution in [3.05, 3.63) is 17.1 Å². The number of likely N-dealkylation sites (N-methyl/N-ethyl adjacent to an activating group) is 1. The number of hydrogen-bond donors (Lipinski definition) is 1. The van der Waals surface area contributed by atoms with E-state index in [0.29, 0.717) is 11.0 Å². The molecule has 0 saturated carbocycles. The van der Waals surface area contributed by atoms with Crippen molar-refractivity contribution in [3.63, 3.8) is 0 Å². The second-order valence-corrected chi connectivity index (χ2v) is 5.66. The Morgan fingerprint density at radius 3 is 3.21 bits per heavy atom.